The molecule has 1 unspecified atom stereocenters. The molecular formula is C4H8N2O2. The van der Waals surface area contributed by atoms with Gasteiger partial charge in [0.15, 0.2) is 0 Å². The molecule has 4 nitrogen and oxygen atoms in total. The van der Waals surface area contributed by atoms with Gasteiger partial charge in [-0.2, -0.15) is 0 Å². The average molecular weight is 116 g/mol. The van der Waals surface area contributed by atoms with Gasteiger partial charge < -0.3 is 15.8 Å². The second-order valence-corrected chi connectivity index (χ2v) is 1.70. The van der Waals surface area contributed by atoms with Crippen LogP contribution in [0.3, 0.4) is 0 Å². The van der Waals surface area contributed by atoms with Crippen molar-refractivity contribution < 1.29 is 9.53 Å². The molecular weight excluding hydrogens is 108 g/mol. The van der Waals surface area contributed by atoms with Crippen molar-refractivity contribution in [2.45, 2.75) is 6.10 Å². The summed E-state index contributed by atoms with van der Waals surface area (Å²) in [7, 11) is 0. The second kappa shape index (κ2) is 2.00. The van der Waals surface area contributed by atoms with E-state index >= 15 is 0 Å². The van der Waals surface area contributed by atoms with Crippen molar-refractivity contribution in [2.24, 2.45) is 5.73 Å². The van der Waals surface area contributed by atoms with Gasteiger partial charge in [0.25, 0.3) is 0 Å². The fourth-order valence-corrected chi connectivity index (χ4v) is 0.400. The zero-order valence-electron chi connectivity index (χ0n) is 4.39. The summed E-state index contributed by atoms with van der Waals surface area (Å²) in [4.78, 5) is 9.99. The molecule has 1 fully saturated rings. The third-order valence-electron chi connectivity index (χ3n) is 0.906. The van der Waals surface area contributed by atoms with E-state index in [9.17, 15) is 4.79 Å². The lowest BCUT2D eigenvalue weighted by Crippen LogP contribution is -2.32. The molecule has 4 heteroatoms. The second-order valence-electron chi connectivity index (χ2n) is 1.70. The van der Waals surface area contributed by atoms with Gasteiger partial charge in [0.2, 0.25) is 0 Å². The molecule has 1 rings (SSSR count). The van der Waals surface area contributed by atoms with E-state index in [-0.39, 0.29) is 6.10 Å². The van der Waals surface area contributed by atoms with Crippen molar-refractivity contribution in [1.82, 2.24) is 5.32 Å². The third-order valence-corrected chi connectivity index (χ3v) is 0.906. The number of nitrogens with two attached hydrogens (primary N) is 1. The first-order valence-corrected chi connectivity index (χ1v) is 2.44. The lowest BCUT2D eigenvalue weighted by atomic mass is 10.5. The highest BCUT2D eigenvalue weighted by Crippen LogP contribution is 2.05. The van der Waals surface area contributed by atoms with Crippen LogP contribution in [0.5, 0.6) is 0 Å². The lowest BCUT2D eigenvalue weighted by Gasteiger charge is -1.93. The van der Waals surface area contributed by atoms with Crippen LogP contribution in [-0.2, 0) is 4.74 Å². The van der Waals surface area contributed by atoms with Gasteiger partial charge >= 0.3 is 6.03 Å². The Bertz CT molecular complexity index is 100. The molecule has 2 amide bonds. The number of primary amides is 1. The van der Waals surface area contributed by atoms with Gasteiger partial charge in [-0.15, -0.1) is 0 Å². The van der Waals surface area contributed by atoms with Crippen LogP contribution in [0.4, 0.5) is 4.79 Å². The number of epoxide rings is 1. The number of hydrogen-bond acceptors (Lipinski definition) is 2. The number of rotatable bonds is 2. The first-order chi connectivity index (χ1) is 3.79. The lowest BCUT2D eigenvalue weighted by molar-refractivity contribution is 0.247. The van der Waals surface area contributed by atoms with Crippen molar-refractivity contribution >= 4 is 6.03 Å². The van der Waals surface area contributed by atoms with E-state index in [2.05, 4.69) is 5.32 Å². The minimum Gasteiger partial charge on any atom is -0.371 e. The fraction of sp³-hybridized carbons (Fsp3) is 0.750. The Kier molecular flexibility index (Phi) is 1.34. The average Bonchev–Trinajstić information content (AvgIpc) is 2.41. The Labute approximate surface area is 47.0 Å². The molecule has 1 heterocycles. The predicted molar refractivity (Wildman–Crippen MR) is 27.3 cm³/mol. The van der Waals surface area contributed by atoms with E-state index in [1.54, 1.807) is 0 Å². The smallest absolute Gasteiger partial charge is 0.312 e. The van der Waals surface area contributed by atoms with Crippen molar-refractivity contribution in [3.05, 3.63) is 0 Å². The summed E-state index contributed by atoms with van der Waals surface area (Å²) in [6.45, 7) is 1.30. The number of urea groups is 1. The quantitative estimate of drug-likeness (QED) is 0.457. The molecule has 1 atom stereocenters. The van der Waals surface area contributed by atoms with Crippen molar-refractivity contribution in [2.75, 3.05) is 13.2 Å². The molecule has 0 aromatic carbocycles. The van der Waals surface area contributed by atoms with E-state index in [4.69, 9.17) is 10.5 Å². The molecule has 0 aliphatic carbocycles. The molecule has 0 aromatic heterocycles. The maximum atomic E-state index is 9.99. The number of carbonyl (C=O) groups excluding carboxylic acids is 1. The zero-order valence-corrected chi connectivity index (χ0v) is 4.39. The van der Waals surface area contributed by atoms with Gasteiger partial charge in [-0.1, -0.05) is 0 Å². The predicted octanol–water partition coefficient (Wildman–Crippen LogP) is -0.947. The van der Waals surface area contributed by atoms with E-state index in [0.29, 0.717) is 6.54 Å². The minimum absolute atomic E-state index is 0.225. The maximum Gasteiger partial charge on any atom is 0.312 e. The normalized spacial score (nSPS) is 24.8. The van der Waals surface area contributed by atoms with E-state index in [1.807, 2.05) is 0 Å². The number of hydrogen-bond donors (Lipinski definition) is 2. The Morgan fingerprint density at radius 1 is 2.00 bits per heavy atom. The SMILES string of the molecule is NC(=O)NCC1CO1. The Morgan fingerprint density at radius 2 is 2.62 bits per heavy atom. The van der Waals surface area contributed by atoms with Crippen LogP contribution in [0.1, 0.15) is 0 Å². The number of ether oxygens (including phenoxy) is 1. The Morgan fingerprint density at radius 3 is 3.00 bits per heavy atom. The first-order valence-electron chi connectivity index (χ1n) is 2.44. The molecule has 1 aliphatic heterocycles. The van der Waals surface area contributed by atoms with Gasteiger partial charge in [-0.05, 0) is 0 Å². The number of nitrogens with one attached hydrogen (secondary N) is 1. The van der Waals surface area contributed by atoms with Crippen LogP contribution in [0.25, 0.3) is 0 Å². The Hall–Kier alpha value is -0.770. The highest BCUT2D eigenvalue weighted by molar-refractivity contribution is 5.71. The molecule has 1 saturated heterocycles. The fourth-order valence-electron chi connectivity index (χ4n) is 0.400. The van der Waals surface area contributed by atoms with Crippen LogP contribution in [-0.4, -0.2) is 25.3 Å². The van der Waals surface area contributed by atoms with Crippen LogP contribution in [0, 0.1) is 0 Å². The summed E-state index contributed by atoms with van der Waals surface area (Å²) < 4.78 is 4.79. The van der Waals surface area contributed by atoms with Crippen molar-refractivity contribution in [3.8, 4) is 0 Å². The summed E-state index contributed by atoms with van der Waals surface area (Å²) in [6.07, 6.45) is 0.225. The van der Waals surface area contributed by atoms with E-state index < -0.39 is 6.03 Å². The monoisotopic (exact) mass is 116 g/mol. The summed E-state index contributed by atoms with van der Waals surface area (Å²) >= 11 is 0. The maximum absolute atomic E-state index is 9.99. The van der Waals surface area contributed by atoms with Gasteiger partial charge in [-0.3, -0.25) is 0 Å². The van der Waals surface area contributed by atoms with Crippen LogP contribution in [0.15, 0.2) is 0 Å². The molecule has 0 saturated carbocycles. The largest absolute Gasteiger partial charge is 0.371 e. The molecule has 0 radical (unpaired) electrons. The molecule has 0 aromatic rings. The van der Waals surface area contributed by atoms with Crippen LogP contribution in [0.2, 0.25) is 0 Å². The number of amides is 2. The topological polar surface area (TPSA) is 67.7 Å². The van der Waals surface area contributed by atoms with E-state index in [0.717, 1.165) is 6.61 Å². The minimum atomic E-state index is -0.486. The summed E-state index contributed by atoms with van der Waals surface area (Å²) in [5.74, 6) is 0. The van der Waals surface area contributed by atoms with Gasteiger partial charge in [0, 0.05) is 6.54 Å². The number of carbonyl (C=O) groups is 1. The Balaban J connectivity index is 1.95. The molecule has 3 N–H and O–H groups in total. The van der Waals surface area contributed by atoms with Gasteiger partial charge in [0.05, 0.1) is 12.7 Å². The highest BCUT2D eigenvalue weighted by Gasteiger charge is 2.21. The summed E-state index contributed by atoms with van der Waals surface area (Å²) in [6, 6.07) is -0.486. The molecule has 0 bridgehead atoms. The zero-order chi connectivity index (χ0) is 5.98. The van der Waals surface area contributed by atoms with Crippen molar-refractivity contribution in [3.63, 3.8) is 0 Å². The summed E-state index contributed by atoms with van der Waals surface area (Å²) in [5.41, 5.74) is 4.76. The molecule has 46 valence electrons. The van der Waals surface area contributed by atoms with Gasteiger partial charge in [-0.25, -0.2) is 4.79 Å². The summed E-state index contributed by atoms with van der Waals surface area (Å²) in [5, 5.41) is 2.42. The van der Waals surface area contributed by atoms with Gasteiger partial charge in [0.1, 0.15) is 0 Å². The highest BCUT2D eigenvalue weighted by atomic mass is 16.6. The first kappa shape index (κ1) is 5.37. The molecule has 1 aliphatic rings. The molecule has 0 spiro atoms. The van der Waals surface area contributed by atoms with Crippen molar-refractivity contribution in [1.29, 1.82) is 0 Å². The molecule has 8 heavy (non-hydrogen) atoms. The van der Waals surface area contributed by atoms with Crippen LogP contribution < -0.4 is 11.1 Å². The van der Waals surface area contributed by atoms with Crippen LogP contribution >= 0.6 is 0 Å². The third kappa shape index (κ3) is 1.79. The van der Waals surface area contributed by atoms with E-state index in [1.165, 1.54) is 0 Å². The standard InChI is InChI=1S/C4H8N2O2/c5-4(7)6-1-3-2-8-3/h3H,1-2H2,(H3,5,6,7).